The number of hydrogen-bond donors (Lipinski definition) is 1. The Morgan fingerprint density at radius 3 is 2.44 bits per heavy atom. The molecular formula is C20H21FN2O2. The third-order valence-electron chi connectivity index (χ3n) is 4.48. The molecule has 1 heterocycles. The van der Waals surface area contributed by atoms with Crippen molar-refractivity contribution in [2.75, 3.05) is 6.54 Å². The first-order valence-corrected chi connectivity index (χ1v) is 8.46. The molecule has 1 fully saturated rings. The summed E-state index contributed by atoms with van der Waals surface area (Å²) < 4.78 is 13.0. The van der Waals surface area contributed by atoms with Crippen molar-refractivity contribution in [2.24, 2.45) is 0 Å². The van der Waals surface area contributed by atoms with E-state index in [0.717, 1.165) is 24.1 Å². The van der Waals surface area contributed by atoms with Crippen LogP contribution in [0.2, 0.25) is 0 Å². The number of nitrogens with zero attached hydrogens (tertiary/aromatic N) is 1. The number of nitrogens with one attached hydrogen (secondary N) is 1. The average Bonchev–Trinajstić information content (AvgIpc) is 3.01. The van der Waals surface area contributed by atoms with Crippen molar-refractivity contribution in [1.82, 2.24) is 10.2 Å². The van der Waals surface area contributed by atoms with Gasteiger partial charge in [-0.25, -0.2) is 4.39 Å². The van der Waals surface area contributed by atoms with Crippen LogP contribution in [0.3, 0.4) is 0 Å². The molecule has 25 heavy (non-hydrogen) atoms. The van der Waals surface area contributed by atoms with Gasteiger partial charge < -0.3 is 10.2 Å². The molecule has 1 saturated heterocycles. The minimum absolute atomic E-state index is 0.180. The van der Waals surface area contributed by atoms with Crippen LogP contribution >= 0.6 is 0 Å². The number of amides is 2. The molecule has 0 aliphatic carbocycles. The largest absolute Gasteiger partial charge is 0.346 e. The van der Waals surface area contributed by atoms with Crippen LogP contribution in [0.1, 0.15) is 47.3 Å². The lowest BCUT2D eigenvalue weighted by Gasteiger charge is -2.16. The molecule has 1 aliphatic rings. The van der Waals surface area contributed by atoms with Crippen LogP contribution in [0, 0.1) is 5.82 Å². The van der Waals surface area contributed by atoms with E-state index in [1.54, 1.807) is 24.3 Å². The Bertz CT molecular complexity index is 756. The monoisotopic (exact) mass is 340 g/mol. The topological polar surface area (TPSA) is 49.4 Å². The maximum absolute atomic E-state index is 13.0. The highest BCUT2D eigenvalue weighted by molar-refractivity contribution is 5.94. The predicted octanol–water partition coefficient (Wildman–Crippen LogP) is 3.44. The maximum Gasteiger partial charge on any atom is 0.251 e. The summed E-state index contributed by atoms with van der Waals surface area (Å²) >= 11 is 0. The van der Waals surface area contributed by atoms with Crippen LogP contribution in [0.4, 0.5) is 4.39 Å². The molecule has 0 saturated carbocycles. The maximum atomic E-state index is 13.0. The molecule has 0 aromatic heterocycles. The number of halogens is 1. The number of rotatable bonds is 5. The smallest absolute Gasteiger partial charge is 0.251 e. The molecule has 5 heteroatoms. The molecule has 2 amide bonds. The van der Waals surface area contributed by atoms with Gasteiger partial charge in [0.05, 0.1) is 6.04 Å². The van der Waals surface area contributed by atoms with Gasteiger partial charge in [0.15, 0.2) is 0 Å². The van der Waals surface area contributed by atoms with E-state index in [1.165, 1.54) is 12.1 Å². The highest BCUT2D eigenvalue weighted by Crippen LogP contribution is 2.16. The molecule has 2 aromatic carbocycles. The molecule has 0 spiro atoms. The van der Waals surface area contributed by atoms with Gasteiger partial charge in [0.25, 0.3) is 5.91 Å². The van der Waals surface area contributed by atoms with Crippen LogP contribution in [-0.4, -0.2) is 23.3 Å². The van der Waals surface area contributed by atoms with E-state index in [1.807, 2.05) is 24.0 Å². The van der Waals surface area contributed by atoms with Gasteiger partial charge in [0, 0.05) is 25.1 Å². The second-order valence-corrected chi connectivity index (χ2v) is 6.36. The first kappa shape index (κ1) is 17.1. The van der Waals surface area contributed by atoms with Gasteiger partial charge in [0.2, 0.25) is 5.91 Å². The van der Waals surface area contributed by atoms with Crippen molar-refractivity contribution in [3.63, 3.8) is 0 Å². The van der Waals surface area contributed by atoms with Crippen LogP contribution in [-0.2, 0) is 11.3 Å². The van der Waals surface area contributed by atoms with Crippen LogP contribution < -0.4 is 5.32 Å². The molecule has 1 N–H and O–H groups in total. The normalized spacial score (nSPS) is 15.3. The number of carbonyl (C=O) groups excluding carboxylic acids is 2. The Hall–Kier alpha value is -2.69. The van der Waals surface area contributed by atoms with E-state index in [-0.39, 0.29) is 23.7 Å². The molecule has 1 atom stereocenters. The molecular weight excluding hydrogens is 319 g/mol. The van der Waals surface area contributed by atoms with Gasteiger partial charge in [0.1, 0.15) is 5.82 Å². The van der Waals surface area contributed by atoms with Gasteiger partial charge in [-0.2, -0.15) is 0 Å². The summed E-state index contributed by atoms with van der Waals surface area (Å²) in [6.45, 7) is 3.25. The minimum atomic E-state index is -0.297. The Morgan fingerprint density at radius 2 is 1.84 bits per heavy atom. The Balaban J connectivity index is 1.60. The van der Waals surface area contributed by atoms with Gasteiger partial charge in [-0.15, -0.1) is 0 Å². The van der Waals surface area contributed by atoms with Crippen molar-refractivity contribution in [2.45, 2.75) is 32.4 Å². The Kier molecular flexibility index (Phi) is 5.12. The number of likely N-dealkylation sites (tertiary alicyclic amines) is 1. The van der Waals surface area contributed by atoms with Gasteiger partial charge >= 0.3 is 0 Å². The second-order valence-electron chi connectivity index (χ2n) is 6.36. The third kappa shape index (κ3) is 4.24. The molecule has 1 aliphatic heterocycles. The molecule has 2 aromatic rings. The SMILES string of the molecule is C[C@H](NC(=O)c1ccc(CN2CCCC2=O)cc1)c1ccc(F)cc1. The highest BCUT2D eigenvalue weighted by atomic mass is 19.1. The van der Waals surface area contributed by atoms with Crippen molar-refractivity contribution in [1.29, 1.82) is 0 Å². The van der Waals surface area contributed by atoms with E-state index in [9.17, 15) is 14.0 Å². The lowest BCUT2D eigenvalue weighted by molar-refractivity contribution is -0.128. The summed E-state index contributed by atoms with van der Waals surface area (Å²) in [5, 5.41) is 2.91. The average molecular weight is 340 g/mol. The molecule has 0 radical (unpaired) electrons. The van der Waals surface area contributed by atoms with Gasteiger partial charge in [-0.1, -0.05) is 24.3 Å². The standard InChI is InChI=1S/C20H21FN2O2/c1-14(16-8-10-18(21)11-9-16)22-20(25)17-6-4-15(5-7-17)13-23-12-2-3-19(23)24/h4-11,14H,2-3,12-13H2,1H3,(H,22,25)/t14-/m0/s1. The number of benzene rings is 2. The minimum Gasteiger partial charge on any atom is -0.346 e. The summed E-state index contributed by atoms with van der Waals surface area (Å²) in [5.41, 5.74) is 2.42. The fraction of sp³-hybridized carbons (Fsp3) is 0.300. The fourth-order valence-corrected chi connectivity index (χ4v) is 2.97. The first-order valence-electron chi connectivity index (χ1n) is 8.46. The van der Waals surface area contributed by atoms with Crippen molar-refractivity contribution in [3.05, 3.63) is 71.0 Å². The number of carbonyl (C=O) groups is 2. The summed E-state index contributed by atoms with van der Waals surface area (Å²) in [6.07, 6.45) is 1.54. The van der Waals surface area contributed by atoms with Crippen molar-refractivity contribution >= 4 is 11.8 Å². The quantitative estimate of drug-likeness (QED) is 0.906. The fourth-order valence-electron chi connectivity index (χ4n) is 2.97. The van der Waals surface area contributed by atoms with Crippen molar-refractivity contribution < 1.29 is 14.0 Å². The Labute approximate surface area is 146 Å². The van der Waals surface area contributed by atoms with Crippen LogP contribution in [0.25, 0.3) is 0 Å². The summed E-state index contributed by atoms with van der Waals surface area (Å²) in [4.78, 5) is 25.9. The van der Waals surface area contributed by atoms with E-state index in [4.69, 9.17) is 0 Å². The van der Waals surface area contributed by atoms with Crippen LogP contribution in [0.15, 0.2) is 48.5 Å². The lowest BCUT2D eigenvalue weighted by atomic mass is 10.1. The van der Waals surface area contributed by atoms with E-state index >= 15 is 0 Å². The zero-order valence-corrected chi connectivity index (χ0v) is 14.2. The highest BCUT2D eigenvalue weighted by Gasteiger charge is 2.20. The van der Waals surface area contributed by atoms with Gasteiger partial charge in [-0.05, 0) is 48.7 Å². The molecule has 3 rings (SSSR count). The first-order chi connectivity index (χ1) is 12.0. The third-order valence-corrected chi connectivity index (χ3v) is 4.48. The number of hydrogen-bond acceptors (Lipinski definition) is 2. The zero-order chi connectivity index (χ0) is 17.8. The summed E-state index contributed by atoms with van der Waals surface area (Å²) in [7, 11) is 0. The zero-order valence-electron chi connectivity index (χ0n) is 14.2. The van der Waals surface area contributed by atoms with Crippen LogP contribution in [0.5, 0.6) is 0 Å². The van der Waals surface area contributed by atoms with E-state index < -0.39 is 0 Å². The molecule has 4 nitrogen and oxygen atoms in total. The lowest BCUT2D eigenvalue weighted by Crippen LogP contribution is -2.27. The van der Waals surface area contributed by atoms with E-state index in [2.05, 4.69) is 5.32 Å². The van der Waals surface area contributed by atoms with Gasteiger partial charge in [-0.3, -0.25) is 9.59 Å². The molecule has 0 bridgehead atoms. The Morgan fingerprint density at radius 1 is 1.16 bits per heavy atom. The molecule has 0 unspecified atom stereocenters. The summed E-state index contributed by atoms with van der Waals surface area (Å²) in [6, 6.07) is 13.2. The van der Waals surface area contributed by atoms with Crippen molar-refractivity contribution in [3.8, 4) is 0 Å². The molecule has 130 valence electrons. The predicted molar refractivity (Wildman–Crippen MR) is 93.4 cm³/mol. The summed E-state index contributed by atoms with van der Waals surface area (Å²) in [5.74, 6) is -0.287. The second kappa shape index (κ2) is 7.47. The van der Waals surface area contributed by atoms with E-state index in [0.29, 0.717) is 18.5 Å².